The number of aliphatic hydroxyl groups is 1. The average Bonchev–Trinajstić information content (AvgIpc) is 2.77. The van der Waals surface area contributed by atoms with Gasteiger partial charge in [-0.15, -0.1) is 0 Å². The van der Waals surface area contributed by atoms with Crippen LogP contribution in [0.1, 0.15) is 47.9 Å². The van der Waals surface area contributed by atoms with Crippen LogP contribution in [0.2, 0.25) is 0 Å². The van der Waals surface area contributed by atoms with E-state index >= 15 is 0 Å². The molecule has 4 atom stereocenters. The van der Waals surface area contributed by atoms with Gasteiger partial charge >= 0.3 is 0 Å². The second-order valence-corrected chi connectivity index (χ2v) is 9.07. The Balaban J connectivity index is 1.71. The standard InChI is InChI=1S/C28H33NO/c1-29(2)27(24-16-10-5-11-17-24)26-20-25(23-14-8-4-9-15-23)18-19-28(26,30)21-22-12-6-3-7-13-22/h3-17,25-27,30H,18-21H2,1-2H3. The molecule has 1 N–H and O–H groups in total. The molecule has 0 aliphatic heterocycles. The molecule has 0 heterocycles. The van der Waals surface area contributed by atoms with Gasteiger partial charge in [0.1, 0.15) is 0 Å². The van der Waals surface area contributed by atoms with E-state index in [1.165, 1.54) is 16.7 Å². The van der Waals surface area contributed by atoms with E-state index in [0.29, 0.717) is 12.3 Å². The van der Waals surface area contributed by atoms with Gasteiger partial charge in [0.15, 0.2) is 0 Å². The van der Waals surface area contributed by atoms with Crippen molar-refractivity contribution in [3.05, 3.63) is 108 Å². The topological polar surface area (TPSA) is 23.5 Å². The summed E-state index contributed by atoms with van der Waals surface area (Å²) in [6.45, 7) is 0. The van der Waals surface area contributed by atoms with Gasteiger partial charge in [0.2, 0.25) is 0 Å². The van der Waals surface area contributed by atoms with E-state index in [2.05, 4.69) is 104 Å². The molecule has 0 saturated heterocycles. The number of benzene rings is 3. The number of hydrogen-bond donors (Lipinski definition) is 1. The van der Waals surface area contributed by atoms with Gasteiger partial charge in [-0.2, -0.15) is 0 Å². The van der Waals surface area contributed by atoms with Crippen molar-refractivity contribution < 1.29 is 5.11 Å². The summed E-state index contributed by atoms with van der Waals surface area (Å²) in [5, 5.41) is 12.1. The zero-order chi connectivity index (χ0) is 21.0. The van der Waals surface area contributed by atoms with Crippen molar-refractivity contribution in [1.82, 2.24) is 4.90 Å². The molecule has 156 valence electrons. The van der Waals surface area contributed by atoms with Gasteiger partial charge in [-0.25, -0.2) is 0 Å². The minimum absolute atomic E-state index is 0.147. The quantitative estimate of drug-likeness (QED) is 0.562. The van der Waals surface area contributed by atoms with Crippen LogP contribution in [0.4, 0.5) is 0 Å². The summed E-state index contributed by atoms with van der Waals surface area (Å²) in [4.78, 5) is 2.29. The molecule has 0 amide bonds. The van der Waals surface area contributed by atoms with Crippen molar-refractivity contribution in [2.75, 3.05) is 14.1 Å². The van der Waals surface area contributed by atoms with Gasteiger partial charge in [-0.3, -0.25) is 0 Å². The van der Waals surface area contributed by atoms with Crippen LogP contribution in [0, 0.1) is 5.92 Å². The lowest BCUT2D eigenvalue weighted by atomic mass is 9.63. The SMILES string of the molecule is CN(C)C(c1ccccc1)C1CC(c2ccccc2)CCC1(O)Cc1ccccc1. The van der Waals surface area contributed by atoms with Crippen LogP contribution >= 0.6 is 0 Å². The first kappa shape index (κ1) is 20.8. The first-order valence-electron chi connectivity index (χ1n) is 11.1. The highest BCUT2D eigenvalue weighted by molar-refractivity contribution is 5.27. The maximum Gasteiger partial charge on any atom is 0.0734 e. The van der Waals surface area contributed by atoms with Crippen LogP contribution < -0.4 is 0 Å². The van der Waals surface area contributed by atoms with Crippen molar-refractivity contribution in [1.29, 1.82) is 0 Å². The second kappa shape index (κ2) is 9.16. The zero-order valence-electron chi connectivity index (χ0n) is 18.1. The van der Waals surface area contributed by atoms with Crippen molar-refractivity contribution in [2.45, 2.75) is 43.2 Å². The molecule has 0 bridgehead atoms. The molecule has 3 aromatic rings. The molecule has 0 spiro atoms. The molecular weight excluding hydrogens is 366 g/mol. The van der Waals surface area contributed by atoms with Crippen LogP contribution in [0.25, 0.3) is 0 Å². The van der Waals surface area contributed by atoms with Crippen molar-refractivity contribution in [3.8, 4) is 0 Å². The van der Waals surface area contributed by atoms with E-state index in [1.807, 2.05) is 6.07 Å². The lowest BCUT2D eigenvalue weighted by Gasteiger charge is -2.49. The monoisotopic (exact) mass is 399 g/mol. The molecule has 30 heavy (non-hydrogen) atoms. The summed E-state index contributed by atoms with van der Waals surface area (Å²) in [7, 11) is 4.29. The summed E-state index contributed by atoms with van der Waals surface area (Å²) in [5.41, 5.74) is 3.17. The lowest BCUT2D eigenvalue weighted by Crippen LogP contribution is -2.49. The van der Waals surface area contributed by atoms with Crippen LogP contribution in [-0.2, 0) is 6.42 Å². The van der Waals surface area contributed by atoms with Crippen molar-refractivity contribution >= 4 is 0 Å². The maximum absolute atomic E-state index is 12.1. The Morgan fingerprint density at radius 3 is 2.03 bits per heavy atom. The van der Waals surface area contributed by atoms with E-state index < -0.39 is 5.60 Å². The van der Waals surface area contributed by atoms with E-state index in [4.69, 9.17) is 0 Å². The average molecular weight is 400 g/mol. The Bertz CT molecular complexity index is 909. The predicted molar refractivity (Wildman–Crippen MR) is 124 cm³/mol. The molecule has 1 aliphatic carbocycles. The summed E-state index contributed by atoms with van der Waals surface area (Å²) < 4.78 is 0. The van der Waals surface area contributed by atoms with Gasteiger partial charge in [0, 0.05) is 18.4 Å². The van der Waals surface area contributed by atoms with E-state index in [1.54, 1.807) is 0 Å². The molecule has 2 heteroatoms. The Hall–Kier alpha value is -2.42. The molecule has 3 aromatic carbocycles. The largest absolute Gasteiger partial charge is 0.389 e. The third-order valence-electron chi connectivity index (χ3n) is 6.86. The van der Waals surface area contributed by atoms with E-state index in [-0.39, 0.29) is 12.0 Å². The van der Waals surface area contributed by atoms with Gasteiger partial charge in [-0.1, -0.05) is 91.0 Å². The highest BCUT2D eigenvalue weighted by Crippen LogP contribution is 2.49. The summed E-state index contributed by atoms with van der Waals surface area (Å²) >= 11 is 0. The maximum atomic E-state index is 12.1. The van der Waals surface area contributed by atoms with Gasteiger partial charge in [-0.05, 0) is 56.0 Å². The van der Waals surface area contributed by atoms with Gasteiger partial charge in [0.05, 0.1) is 5.60 Å². The van der Waals surface area contributed by atoms with Crippen LogP contribution in [-0.4, -0.2) is 29.7 Å². The van der Waals surface area contributed by atoms with Crippen LogP contribution in [0.15, 0.2) is 91.0 Å². The molecular formula is C28H33NO. The molecule has 1 fully saturated rings. The Morgan fingerprint density at radius 2 is 1.43 bits per heavy atom. The van der Waals surface area contributed by atoms with E-state index in [0.717, 1.165) is 19.3 Å². The summed E-state index contributed by atoms with van der Waals surface area (Å²) in [6, 6.07) is 32.2. The fourth-order valence-corrected chi connectivity index (χ4v) is 5.41. The first-order valence-corrected chi connectivity index (χ1v) is 11.1. The summed E-state index contributed by atoms with van der Waals surface area (Å²) in [6.07, 6.45) is 3.55. The van der Waals surface area contributed by atoms with E-state index in [9.17, 15) is 5.11 Å². The van der Waals surface area contributed by atoms with Crippen molar-refractivity contribution in [2.24, 2.45) is 5.92 Å². The molecule has 4 rings (SSSR count). The number of hydrogen-bond acceptors (Lipinski definition) is 2. The zero-order valence-corrected chi connectivity index (χ0v) is 18.1. The van der Waals surface area contributed by atoms with Gasteiger partial charge in [0.25, 0.3) is 0 Å². The van der Waals surface area contributed by atoms with Crippen molar-refractivity contribution in [3.63, 3.8) is 0 Å². The predicted octanol–water partition coefficient (Wildman–Crippen LogP) is 5.85. The Morgan fingerprint density at radius 1 is 0.867 bits per heavy atom. The highest BCUT2D eigenvalue weighted by Gasteiger charge is 2.47. The molecule has 1 aliphatic rings. The summed E-state index contributed by atoms with van der Waals surface area (Å²) in [5.74, 6) is 0.632. The fraction of sp³-hybridized carbons (Fsp3) is 0.357. The molecule has 1 saturated carbocycles. The Labute approximate surface area is 181 Å². The third-order valence-corrected chi connectivity index (χ3v) is 6.86. The number of nitrogens with zero attached hydrogens (tertiary/aromatic N) is 1. The minimum atomic E-state index is -0.725. The van der Waals surface area contributed by atoms with Gasteiger partial charge < -0.3 is 10.0 Å². The normalized spacial score (nSPS) is 25.2. The smallest absolute Gasteiger partial charge is 0.0734 e. The van der Waals surface area contributed by atoms with Crippen LogP contribution in [0.5, 0.6) is 0 Å². The Kier molecular flexibility index (Phi) is 6.36. The molecule has 2 nitrogen and oxygen atoms in total. The minimum Gasteiger partial charge on any atom is -0.389 e. The fourth-order valence-electron chi connectivity index (χ4n) is 5.41. The van der Waals surface area contributed by atoms with Crippen LogP contribution in [0.3, 0.4) is 0 Å². The molecule has 4 unspecified atom stereocenters. The second-order valence-electron chi connectivity index (χ2n) is 9.07. The third kappa shape index (κ3) is 4.50. The molecule has 0 radical (unpaired) electrons. The number of rotatable bonds is 6. The highest BCUT2D eigenvalue weighted by atomic mass is 16.3. The molecule has 0 aromatic heterocycles. The first-order chi connectivity index (χ1) is 14.6. The lowest BCUT2D eigenvalue weighted by molar-refractivity contribution is -0.0819.